The summed E-state index contributed by atoms with van der Waals surface area (Å²) >= 11 is 0. The summed E-state index contributed by atoms with van der Waals surface area (Å²) in [6, 6.07) is 15.7. The van der Waals surface area contributed by atoms with Crippen molar-refractivity contribution in [3.05, 3.63) is 88.7 Å². The van der Waals surface area contributed by atoms with Crippen molar-refractivity contribution in [1.82, 2.24) is 9.78 Å². The highest BCUT2D eigenvalue weighted by molar-refractivity contribution is 7.91. The van der Waals surface area contributed by atoms with Gasteiger partial charge in [-0.3, -0.25) is 4.79 Å². The summed E-state index contributed by atoms with van der Waals surface area (Å²) in [5, 5.41) is 5.09. The van der Waals surface area contributed by atoms with E-state index in [1.54, 1.807) is 43.3 Å². The molecule has 0 N–H and O–H groups in total. The molecular weight excluding hydrogens is 410 g/mol. The number of fused-ring (bicyclic) bond motifs is 1. The van der Waals surface area contributed by atoms with Crippen LogP contribution in [0.5, 0.6) is 0 Å². The molecule has 1 aromatic heterocycles. The zero-order valence-corrected chi connectivity index (χ0v) is 16.7. The maximum absolute atomic E-state index is 14.4. The van der Waals surface area contributed by atoms with Crippen LogP contribution >= 0.6 is 0 Å². The molecule has 1 heterocycles. The average molecular weight is 426 g/mol. The summed E-state index contributed by atoms with van der Waals surface area (Å²) in [5.74, 6) is -1.78. The molecule has 0 radical (unpaired) electrons. The van der Waals surface area contributed by atoms with Gasteiger partial charge in [0, 0.05) is 17.0 Å². The van der Waals surface area contributed by atoms with Crippen molar-refractivity contribution in [3.8, 4) is 16.9 Å². The summed E-state index contributed by atoms with van der Waals surface area (Å²) < 4.78 is 53.2. The van der Waals surface area contributed by atoms with E-state index in [2.05, 4.69) is 5.10 Å². The molecule has 0 amide bonds. The lowest BCUT2D eigenvalue weighted by molar-refractivity contribution is 0.571. The summed E-state index contributed by atoms with van der Waals surface area (Å²) in [4.78, 5) is 13.1. The van der Waals surface area contributed by atoms with Crippen LogP contribution in [0.2, 0.25) is 0 Å². The first-order valence-electron chi connectivity index (χ1n) is 9.12. The number of sulfone groups is 1. The van der Waals surface area contributed by atoms with Crippen molar-refractivity contribution in [2.75, 3.05) is 5.75 Å². The van der Waals surface area contributed by atoms with Crippen molar-refractivity contribution in [1.29, 1.82) is 0 Å². The van der Waals surface area contributed by atoms with E-state index >= 15 is 0 Å². The van der Waals surface area contributed by atoms with Gasteiger partial charge >= 0.3 is 0 Å². The maximum atomic E-state index is 14.4. The lowest BCUT2D eigenvalue weighted by Gasteiger charge is -2.13. The van der Waals surface area contributed by atoms with E-state index in [0.29, 0.717) is 22.7 Å². The van der Waals surface area contributed by atoms with Gasteiger partial charge in [0.25, 0.3) is 5.56 Å². The van der Waals surface area contributed by atoms with Crippen LogP contribution in [0.4, 0.5) is 8.78 Å². The van der Waals surface area contributed by atoms with Crippen LogP contribution in [0.25, 0.3) is 27.7 Å². The molecule has 0 aliphatic carbocycles. The van der Waals surface area contributed by atoms with Crippen molar-refractivity contribution in [3.63, 3.8) is 0 Å². The van der Waals surface area contributed by atoms with Crippen molar-refractivity contribution >= 4 is 20.6 Å². The standard InChI is InChI=1S/C22H16F2N2O3S/c1-2-30(28,29)16-7-5-6-14(12-16)21-17-8-3-4-9-18(17)22(27)26(25-21)20-11-10-15(23)13-19(20)24/h3-13H,2H2,1H3. The third-order valence-electron chi connectivity index (χ3n) is 4.79. The molecule has 0 aliphatic rings. The highest BCUT2D eigenvalue weighted by atomic mass is 32.2. The molecule has 3 aromatic carbocycles. The SMILES string of the molecule is CCS(=O)(=O)c1cccc(-c2nn(-c3ccc(F)cc3F)c(=O)c3ccccc23)c1. The molecule has 0 bridgehead atoms. The van der Waals surface area contributed by atoms with Gasteiger partial charge in [-0.05, 0) is 30.3 Å². The largest absolute Gasteiger partial charge is 0.279 e. The fraction of sp³-hybridized carbons (Fsp3) is 0.0909. The van der Waals surface area contributed by atoms with Gasteiger partial charge in [0.15, 0.2) is 15.7 Å². The number of hydrogen-bond acceptors (Lipinski definition) is 4. The van der Waals surface area contributed by atoms with Crippen molar-refractivity contribution in [2.24, 2.45) is 0 Å². The Morgan fingerprint density at radius 1 is 0.933 bits per heavy atom. The average Bonchev–Trinajstić information content (AvgIpc) is 2.75. The number of benzene rings is 3. The lowest BCUT2D eigenvalue weighted by atomic mass is 10.1. The predicted molar refractivity (Wildman–Crippen MR) is 110 cm³/mol. The van der Waals surface area contributed by atoms with Crippen LogP contribution in [0, 0.1) is 11.6 Å². The Morgan fingerprint density at radius 3 is 2.37 bits per heavy atom. The Hall–Kier alpha value is -3.39. The minimum atomic E-state index is -3.46. The first-order chi connectivity index (χ1) is 14.3. The second-order valence-corrected chi connectivity index (χ2v) is 8.92. The van der Waals surface area contributed by atoms with Gasteiger partial charge in [-0.15, -0.1) is 0 Å². The van der Waals surface area contributed by atoms with Gasteiger partial charge in [0.2, 0.25) is 0 Å². The van der Waals surface area contributed by atoms with E-state index in [0.717, 1.165) is 16.8 Å². The van der Waals surface area contributed by atoms with Crippen LogP contribution < -0.4 is 5.56 Å². The second kappa shape index (κ2) is 7.46. The smallest absolute Gasteiger partial charge is 0.267 e. The molecule has 30 heavy (non-hydrogen) atoms. The molecule has 0 unspecified atom stereocenters. The summed E-state index contributed by atoms with van der Waals surface area (Å²) in [5.41, 5.74) is -0.0120. The number of aromatic nitrogens is 2. The molecule has 0 saturated heterocycles. The lowest BCUT2D eigenvalue weighted by Crippen LogP contribution is -2.23. The first-order valence-corrected chi connectivity index (χ1v) is 10.8. The highest BCUT2D eigenvalue weighted by Gasteiger charge is 2.18. The number of nitrogens with zero attached hydrogens (tertiary/aromatic N) is 2. The van der Waals surface area contributed by atoms with E-state index in [4.69, 9.17) is 0 Å². The molecule has 4 rings (SSSR count). The van der Waals surface area contributed by atoms with Crippen molar-refractivity contribution < 1.29 is 17.2 Å². The molecule has 4 aromatic rings. The van der Waals surface area contributed by atoms with Crippen LogP contribution in [-0.4, -0.2) is 24.0 Å². The van der Waals surface area contributed by atoms with E-state index in [1.807, 2.05) is 0 Å². The molecule has 0 spiro atoms. The Bertz CT molecular complexity index is 1450. The zero-order valence-electron chi connectivity index (χ0n) is 15.8. The summed E-state index contributed by atoms with van der Waals surface area (Å²) in [6.07, 6.45) is 0. The van der Waals surface area contributed by atoms with E-state index in [-0.39, 0.29) is 21.7 Å². The molecule has 0 atom stereocenters. The number of rotatable bonds is 4. The minimum Gasteiger partial charge on any atom is -0.267 e. The van der Waals surface area contributed by atoms with E-state index in [9.17, 15) is 22.0 Å². The fourth-order valence-electron chi connectivity index (χ4n) is 3.22. The molecule has 8 heteroatoms. The number of hydrogen-bond donors (Lipinski definition) is 0. The Kier molecular flexibility index (Phi) is 4.95. The molecule has 5 nitrogen and oxygen atoms in total. The van der Waals surface area contributed by atoms with Gasteiger partial charge in [0.05, 0.1) is 21.7 Å². The molecule has 0 fully saturated rings. The van der Waals surface area contributed by atoms with Gasteiger partial charge < -0.3 is 0 Å². The van der Waals surface area contributed by atoms with Crippen molar-refractivity contribution in [2.45, 2.75) is 11.8 Å². The minimum absolute atomic E-state index is 0.0646. The third-order valence-corrected chi connectivity index (χ3v) is 6.52. The Balaban J connectivity index is 2.05. The topological polar surface area (TPSA) is 69.0 Å². The van der Waals surface area contributed by atoms with E-state index in [1.165, 1.54) is 12.1 Å². The third kappa shape index (κ3) is 3.39. The second-order valence-electron chi connectivity index (χ2n) is 6.64. The molecule has 0 aliphatic heterocycles. The fourth-order valence-corrected chi connectivity index (χ4v) is 4.15. The first kappa shape index (κ1) is 19.9. The Labute approximate surface area is 171 Å². The van der Waals surface area contributed by atoms with Crippen LogP contribution in [0.3, 0.4) is 0 Å². The van der Waals surface area contributed by atoms with Crippen LogP contribution in [0.15, 0.2) is 76.4 Å². The van der Waals surface area contributed by atoms with Gasteiger partial charge in [-0.1, -0.05) is 37.3 Å². The zero-order chi connectivity index (χ0) is 21.5. The molecule has 0 saturated carbocycles. The van der Waals surface area contributed by atoms with Gasteiger partial charge in [-0.25, -0.2) is 17.2 Å². The van der Waals surface area contributed by atoms with Crippen LogP contribution in [0.1, 0.15) is 6.92 Å². The molecule has 152 valence electrons. The van der Waals surface area contributed by atoms with Crippen LogP contribution in [-0.2, 0) is 9.84 Å². The van der Waals surface area contributed by atoms with Gasteiger partial charge in [0.1, 0.15) is 11.5 Å². The Morgan fingerprint density at radius 2 is 1.67 bits per heavy atom. The highest BCUT2D eigenvalue weighted by Crippen LogP contribution is 2.28. The molecular formula is C22H16F2N2O3S. The predicted octanol–water partition coefficient (Wildman–Crippen LogP) is 4.12. The van der Waals surface area contributed by atoms with E-state index < -0.39 is 27.0 Å². The maximum Gasteiger partial charge on any atom is 0.279 e. The van der Waals surface area contributed by atoms with Gasteiger partial charge in [-0.2, -0.15) is 9.78 Å². The quantitative estimate of drug-likeness (QED) is 0.492. The monoisotopic (exact) mass is 426 g/mol. The summed E-state index contributed by atoms with van der Waals surface area (Å²) in [6.45, 7) is 1.55. The normalized spacial score (nSPS) is 11.7. The number of halogens is 2. The summed E-state index contributed by atoms with van der Waals surface area (Å²) in [7, 11) is -3.46.